The van der Waals surface area contributed by atoms with Crippen LogP contribution >= 0.6 is 0 Å². The van der Waals surface area contributed by atoms with E-state index in [2.05, 4.69) is 6.58 Å². The van der Waals surface area contributed by atoms with Crippen LogP contribution in [-0.4, -0.2) is 35.5 Å². The van der Waals surface area contributed by atoms with Crippen molar-refractivity contribution in [1.82, 2.24) is 4.90 Å². The highest BCUT2D eigenvalue weighted by molar-refractivity contribution is 6.00. The third kappa shape index (κ3) is 1.99. The highest BCUT2D eigenvalue weighted by atomic mass is 16.3. The fourth-order valence-corrected chi connectivity index (χ4v) is 0.366. The van der Waals surface area contributed by atoms with Crippen molar-refractivity contribution in [3.8, 4) is 0 Å². The number of aliphatic hydroxyl groups excluding tert-OH is 1. The smallest absolute Gasteiger partial charge is 0.254 e. The average Bonchev–Trinajstić information content (AvgIpc) is 2.00. The van der Waals surface area contributed by atoms with Crippen LogP contribution in [0.1, 0.15) is 0 Å². The summed E-state index contributed by atoms with van der Waals surface area (Å²) in [5.41, 5.74) is 0. The van der Waals surface area contributed by atoms with Crippen molar-refractivity contribution in [3.05, 3.63) is 12.7 Å². The van der Waals surface area contributed by atoms with Crippen LogP contribution in [0.4, 0.5) is 0 Å². The molecule has 0 fully saturated rings. The van der Waals surface area contributed by atoms with E-state index in [0.717, 1.165) is 11.0 Å². The van der Waals surface area contributed by atoms with E-state index >= 15 is 0 Å². The zero-order valence-corrected chi connectivity index (χ0v) is 5.70. The lowest BCUT2D eigenvalue weighted by atomic mass is 10.5. The van der Waals surface area contributed by atoms with Gasteiger partial charge in [0.25, 0.3) is 11.8 Å². The Labute approximate surface area is 58.8 Å². The number of amides is 2. The molecule has 0 aliphatic carbocycles. The van der Waals surface area contributed by atoms with Crippen LogP contribution in [-0.2, 0) is 9.59 Å². The Bertz CT molecular complexity index is 164. The number of aliphatic hydroxyl groups is 1. The summed E-state index contributed by atoms with van der Waals surface area (Å²) in [4.78, 5) is 21.9. The minimum atomic E-state index is -0.657. The summed E-state index contributed by atoms with van der Waals surface area (Å²) in [6, 6.07) is 0. The molecule has 1 N–H and O–H groups in total. The molecule has 2 amide bonds. The van der Waals surface area contributed by atoms with E-state index < -0.39 is 18.4 Å². The molecule has 0 aromatic heterocycles. The van der Waals surface area contributed by atoms with Crippen molar-refractivity contribution in [2.75, 3.05) is 13.7 Å². The summed E-state index contributed by atoms with van der Waals surface area (Å²) < 4.78 is 0. The number of rotatable bonds is 2. The van der Waals surface area contributed by atoms with E-state index in [1.807, 2.05) is 0 Å². The van der Waals surface area contributed by atoms with Gasteiger partial charge in [-0.3, -0.25) is 14.5 Å². The van der Waals surface area contributed by atoms with E-state index in [0.29, 0.717) is 0 Å². The Hall–Kier alpha value is -1.16. The fraction of sp³-hybridized carbons (Fsp3) is 0.333. The molecule has 0 saturated heterocycles. The maximum absolute atomic E-state index is 10.6. The predicted molar refractivity (Wildman–Crippen MR) is 35.1 cm³/mol. The number of likely N-dealkylation sites (N-methyl/N-ethyl adjacent to an activating group) is 1. The summed E-state index contributed by atoms with van der Waals surface area (Å²) >= 11 is 0. The molecule has 0 atom stereocenters. The first-order valence-electron chi connectivity index (χ1n) is 2.67. The summed E-state index contributed by atoms with van der Waals surface area (Å²) in [6.45, 7) is 2.52. The number of hydrogen-bond acceptors (Lipinski definition) is 3. The summed E-state index contributed by atoms with van der Waals surface area (Å²) in [5, 5.41) is 8.27. The molecular weight excluding hydrogens is 134 g/mol. The van der Waals surface area contributed by atoms with Crippen molar-refractivity contribution in [2.24, 2.45) is 0 Å². The molecule has 0 unspecified atom stereocenters. The normalized spacial score (nSPS) is 8.60. The van der Waals surface area contributed by atoms with Gasteiger partial charge < -0.3 is 5.11 Å². The Morgan fingerprint density at radius 2 is 2.20 bits per heavy atom. The van der Waals surface area contributed by atoms with E-state index in [1.165, 1.54) is 7.05 Å². The van der Waals surface area contributed by atoms with Gasteiger partial charge >= 0.3 is 0 Å². The second kappa shape index (κ2) is 3.79. The Morgan fingerprint density at radius 1 is 1.70 bits per heavy atom. The second-order valence-corrected chi connectivity index (χ2v) is 1.65. The van der Waals surface area contributed by atoms with Gasteiger partial charge in [-0.05, 0) is 6.08 Å². The lowest BCUT2D eigenvalue weighted by Crippen LogP contribution is -2.33. The van der Waals surface area contributed by atoms with Crippen molar-refractivity contribution in [2.45, 2.75) is 0 Å². The average molecular weight is 143 g/mol. The zero-order chi connectivity index (χ0) is 8.15. The second-order valence-electron chi connectivity index (χ2n) is 1.65. The zero-order valence-electron chi connectivity index (χ0n) is 5.70. The summed E-state index contributed by atoms with van der Waals surface area (Å²) in [5.74, 6) is -1.15. The van der Waals surface area contributed by atoms with E-state index in [9.17, 15) is 9.59 Å². The number of carbonyl (C=O) groups excluding carboxylic acids is 2. The number of carbonyl (C=O) groups is 2. The van der Waals surface area contributed by atoms with E-state index in [1.54, 1.807) is 0 Å². The Kier molecular flexibility index (Phi) is 3.35. The fourth-order valence-electron chi connectivity index (χ4n) is 0.366. The lowest BCUT2D eigenvalue weighted by Gasteiger charge is -2.09. The Balaban J connectivity index is 4.06. The van der Waals surface area contributed by atoms with Gasteiger partial charge in [0.15, 0.2) is 0 Å². The van der Waals surface area contributed by atoms with Crippen LogP contribution in [0.5, 0.6) is 0 Å². The highest BCUT2D eigenvalue weighted by Crippen LogP contribution is 1.85. The number of imide groups is 1. The van der Waals surface area contributed by atoms with E-state index in [4.69, 9.17) is 5.11 Å². The molecular formula is C6H9NO3. The quantitative estimate of drug-likeness (QED) is 0.512. The van der Waals surface area contributed by atoms with Gasteiger partial charge in [0.05, 0.1) is 0 Å². The van der Waals surface area contributed by atoms with Crippen molar-refractivity contribution in [1.29, 1.82) is 0 Å². The highest BCUT2D eigenvalue weighted by Gasteiger charge is 2.11. The van der Waals surface area contributed by atoms with Gasteiger partial charge in [0.1, 0.15) is 6.61 Å². The Morgan fingerprint density at radius 3 is 2.50 bits per heavy atom. The molecule has 0 spiro atoms. The molecule has 0 aromatic rings. The molecule has 0 saturated carbocycles. The maximum Gasteiger partial charge on any atom is 0.254 e. The monoisotopic (exact) mass is 143 g/mol. The van der Waals surface area contributed by atoms with Gasteiger partial charge in [0.2, 0.25) is 0 Å². The van der Waals surface area contributed by atoms with Crippen molar-refractivity contribution >= 4 is 11.8 Å². The predicted octanol–water partition coefficient (Wildman–Crippen LogP) is -0.850. The largest absolute Gasteiger partial charge is 0.387 e. The van der Waals surface area contributed by atoms with Crippen LogP contribution in [0, 0.1) is 0 Å². The molecule has 0 aliphatic rings. The molecule has 0 aromatic carbocycles. The summed E-state index contributed by atoms with van der Waals surface area (Å²) in [7, 11) is 1.28. The molecule has 0 bridgehead atoms. The van der Waals surface area contributed by atoms with Crippen molar-refractivity contribution < 1.29 is 14.7 Å². The minimum Gasteiger partial charge on any atom is -0.387 e. The van der Waals surface area contributed by atoms with Gasteiger partial charge in [0, 0.05) is 7.05 Å². The van der Waals surface area contributed by atoms with Crippen molar-refractivity contribution in [3.63, 3.8) is 0 Å². The molecule has 0 rings (SSSR count). The van der Waals surface area contributed by atoms with Gasteiger partial charge in [-0.2, -0.15) is 0 Å². The third-order valence-corrected chi connectivity index (χ3v) is 1.01. The van der Waals surface area contributed by atoms with Gasteiger partial charge in [-0.1, -0.05) is 6.58 Å². The molecule has 4 heteroatoms. The van der Waals surface area contributed by atoms with E-state index in [-0.39, 0.29) is 0 Å². The minimum absolute atomic E-state index is 0.515. The number of nitrogens with zero attached hydrogens (tertiary/aromatic N) is 1. The maximum atomic E-state index is 10.6. The van der Waals surface area contributed by atoms with Crippen LogP contribution in [0.15, 0.2) is 12.7 Å². The first kappa shape index (κ1) is 8.84. The third-order valence-electron chi connectivity index (χ3n) is 1.01. The molecule has 0 aliphatic heterocycles. The SMILES string of the molecule is C=CC(=O)N(C)C(=O)CO. The standard InChI is InChI=1S/C6H9NO3/c1-3-5(9)7(2)6(10)4-8/h3,8H,1,4H2,2H3. The van der Waals surface area contributed by atoms with Crippen LogP contribution in [0.25, 0.3) is 0 Å². The topological polar surface area (TPSA) is 57.6 Å². The van der Waals surface area contributed by atoms with Crippen LogP contribution < -0.4 is 0 Å². The lowest BCUT2D eigenvalue weighted by molar-refractivity contribution is -0.142. The molecule has 56 valence electrons. The molecule has 4 nitrogen and oxygen atoms in total. The first-order chi connectivity index (χ1) is 4.63. The molecule has 10 heavy (non-hydrogen) atoms. The van der Waals surface area contributed by atoms with Crippen LogP contribution in [0.2, 0.25) is 0 Å². The van der Waals surface area contributed by atoms with Gasteiger partial charge in [-0.15, -0.1) is 0 Å². The van der Waals surface area contributed by atoms with Gasteiger partial charge in [-0.25, -0.2) is 0 Å². The summed E-state index contributed by atoms with van der Waals surface area (Å²) in [6.07, 6.45) is 1.01. The van der Waals surface area contributed by atoms with Crippen LogP contribution in [0.3, 0.4) is 0 Å². The molecule has 0 heterocycles. The first-order valence-corrected chi connectivity index (χ1v) is 2.67. The molecule has 0 radical (unpaired) electrons. The number of hydrogen-bond donors (Lipinski definition) is 1.